The number of likely N-dealkylation sites (N-methyl/N-ethyl adjacent to an activating group) is 1. The van der Waals surface area contributed by atoms with Gasteiger partial charge in [-0.25, -0.2) is 9.37 Å². The molecule has 1 amide bonds. The summed E-state index contributed by atoms with van der Waals surface area (Å²) < 4.78 is 19.1. The van der Waals surface area contributed by atoms with E-state index in [4.69, 9.17) is 4.42 Å². The number of halogens is 1. The fraction of sp³-hybridized carbons (Fsp3) is 0.444. The first-order valence-corrected chi connectivity index (χ1v) is 8.16. The molecule has 0 bridgehead atoms. The van der Waals surface area contributed by atoms with E-state index in [1.54, 1.807) is 12.3 Å². The van der Waals surface area contributed by atoms with Gasteiger partial charge in [-0.05, 0) is 44.6 Å². The van der Waals surface area contributed by atoms with E-state index in [1.807, 2.05) is 30.0 Å². The zero-order valence-corrected chi connectivity index (χ0v) is 14.0. The summed E-state index contributed by atoms with van der Waals surface area (Å²) in [5.74, 6) is 1.09. The summed E-state index contributed by atoms with van der Waals surface area (Å²) >= 11 is 0. The van der Waals surface area contributed by atoms with Gasteiger partial charge in [0.1, 0.15) is 17.6 Å². The lowest BCUT2D eigenvalue weighted by molar-refractivity contribution is -0.133. The highest BCUT2D eigenvalue weighted by Crippen LogP contribution is 2.32. The van der Waals surface area contributed by atoms with Gasteiger partial charge in [-0.15, -0.1) is 0 Å². The van der Waals surface area contributed by atoms with Crippen LogP contribution in [0.15, 0.2) is 34.9 Å². The van der Waals surface area contributed by atoms with Gasteiger partial charge >= 0.3 is 0 Å². The topological polar surface area (TPSA) is 49.6 Å². The summed E-state index contributed by atoms with van der Waals surface area (Å²) in [5.41, 5.74) is 0.838. The maximum absolute atomic E-state index is 13.3. The molecule has 1 atom stereocenters. The Hall–Kier alpha value is -2.21. The van der Waals surface area contributed by atoms with Crippen LogP contribution in [0, 0.1) is 5.82 Å². The molecule has 1 fully saturated rings. The number of oxazole rings is 1. The standard InChI is InChI=1S/C18H22FN3O2/c1-21(2)12-17(23)22-8-4-7-16(22)18-20-11-15(24-18)10-13-5-3-6-14(19)9-13/h3,5-6,9,11,16H,4,7-8,10,12H2,1-2H3/t16-/m0/s1. The van der Waals surface area contributed by atoms with E-state index >= 15 is 0 Å². The van der Waals surface area contributed by atoms with Crippen LogP contribution in [0.1, 0.15) is 36.1 Å². The van der Waals surface area contributed by atoms with Crippen molar-refractivity contribution in [1.29, 1.82) is 0 Å². The number of amides is 1. The first-order valence-electron chi connectivity index (χ1n) is 8.16. The van der Waals surface area contributed by atoms with Gasteiger partial charge in [-0.1, -0.05) is 12.1 Å². The molecule has 2 heterocycles. The lowest BCUT2D eigenvalue weighted by atomic mass is 10.1. The minimum absolute atomic E-state index is 0.0902. The average Bonchev–Trinajstić information content (AvgIpc) is 3.14. The third-order valence-corrected chi connectivity index (χ3v) is 4.15. The number of carbonyl (C=O) groups is 1. The second-order valence-corrected chi connectivity index (χ2v) is 6.45. The SMILES string of the molecule is CN(C)CC(=O)N1CCC[C@H]1c1ncc(Cc2cccc(F)c2)o1. The molecule has 1 saturated heterocycles. The molecule has 1 aliphatic rings. The molecule has 5 nitrogen and oxygen atoms in total. The highest BCUT2D eigenvalue weighted by Gasteiger charge is 2.33. The molecule has 3 rings (SSSR count). The molecule has 0 spiro atoms. The van der Waals surface area contributed by atoms with Crippen molar-refractivity contribution < 1.29 is 13.6 Å². The molecule has 0 radical (unpaired) electrons. The number of carbonyl (C=O) groups excluding carboxylic acids is 1. The quantitative estimate of drug-likeness (QED) is 0.845. The number of likely N-dealkylation sites (tertiary alicyclic amines) is 1. The van der Waals surface area contributed by atoms with E-state index in [-0.39, 0.29) is 17.8 Å². The van der Waals surface area contributed by atoms with Crippen molar-refractivity contribution in [3.05, 3.63) is 53.5 Å². The van der Waals surface area contributed by atoms with Crippen molar-refractivity contribution in [2.75, 3.05) is 27.2 Å². The Morgan fingerprint density at radius 2 is 2.29 bits per heavy atom. The van der Waals surface area contributed by atoms with Gasteiger partial charge in [0.2, 0.25) is 11.8 Å². The number of hydrogen-bond acceptors (Lipinski definition) is 4. The maximum atomic E-state index is 13.3. The van der Waals surface area contributed by atoms with Crippen LogP contribution in [0.3, 0.4) is 0 Å². The number of aromatic nitrogens is 1. The Morgan fingerprint density at radius 3 is 3.04 bits per heavy atom. The Morgan fingerprint density at radius 1 is 1.46 bits per heavy atom. The van der Waals surface area contributed by atoms with Crippen molar-refractivity contribution >= 4 is 5.91 Å². The van der Waals surface area contributed by atoms with Crippen LogP contribution >= 0.6 is 0 Å². The molecular formula is C18H22FN3O2. The van der Waals surface area contributed by atoms with Crippen LogP contribution in [-0.4, -0.2) is 47.9 Å². The molecule has 1 aromatic carbocycles. The molecule has 0 N–H and O–H groups in total. The third kappa shape index (κ3) is 3.82. The molecule has 128 valence electrons. The summed E-state index contributed by atoms with van der Waals surface area (Å²) in [6.45, 7) is 1.12. The molecule has 0 aliphatic carbocycles. The molecular weight excluding hydrogens is 309 g/mol. The van der Waals surface area contributed by atoms with E-state index in [9.17, 15) is 9.18 Å². The lowest BCUT2D eigenvalue weighted by Gasteiger charge is -2.23. The predicted octanol–water partition coefficient (Wildman–Crippen LogP) is 2.63. The number of benzene rings is 1. The van der Waals surface area contributed by atoms with Crippen LogP contribution in [0.4, 0.5) is 4.39 Å². The van der Waals surface area contributed by atoms with Gasteiger partial charge in [0.15, 0.2) is 0 Å². The predicted molar refractivity (Wildman–Crippen MR) is 88.0 cm³/mol. The molecule has 6 heteroatoms. The van der Waals surface area contributed by atoms with Crippen LogP contribution in [0.25, 0.3) is 0 Å². The largest absolute Gasteiger partial charge is 0.443 e. The second kappa shape index (κ2) is 7.13. The second-order valence-electron chi connectivity index (χ2n) is 6.45. The van der Waals surface area contributed by atoms with E-state index in [0.29, 0.717) is 24.6 Å². The third-order valence-electron chi connectivity index (χ3n) is 4.15. The summed E-state index contributed by atoms with van der Waals surface area (Å²) in [4.78, 5) is 20.4. The average molecular weight is 331 g/mol. The van der Waals surface area contributed by atoms with Crippen molar-refractivity contribution in [1.82, 2.24) is 14.8 Å². The summed E-state index contributed by atoms with van der Waals surface area (Å²) in [5, 5.41) is 0. The van der Waals surface area contributed by atoms with Gasteiger partial charge in [-0.3, -0.25) is 4.79 Å². The molecule has 0 unspecified atom stereocenters. The maximum Gasteiger partial charge on any atom is 0.237 e. The molecule has 1 aliphatic heterocycles. The lowest BCUT2D eigenvalue weighted by Crippen LogP contribution is -2.37. The fourth-order valence-electron chi connectivity index (χ4n) is 3.09. The minimum atomic E-state index is -0.261. The Labute approximate surface area is 141 Å². The number of rotatable bonds is 5. The molecule has 0 saturated carbocycles. The Kier molecular flexibility index (Phi) is 4.94. The Bertz CT molecular complexity index is 714. The van der Waals surface area contributed by atoms with Crippen molar-refractivity contribution in [3.63, 3.8) is 0 Å². The molecule has 24 heavy (non-hydrogen) atoms. The van der Waals surface area contributed by atoms with Crippen LogP contribution < -0.4 is 0 Å². The van der Waals surface area contributed by atoms with Crippen LogP contribution in [0.2, 0.25) is 0 Å². The summed E-state index contributed by atoms with van der Waals surface area (Å²) in [7, 11) is 3.76. The number of hydrogen-bond donors (Lipinski definition) is 0. The van der Waals surface area contributed by atoms with Crippen molar-refractivity contribution in [2.45, 2.75) is 25.3 Å². The molecule has 2 aromatic rings. The van der Waals surface area contributed by atoms with E-state index in [2.05, 4.69) is 4.98 Å². The minimum Gasteiger partial charge on any atom is -0.443 e. The monoisotopic (exact) mass is 331 g/mol. The fourth-order valence-corrected chi connectivity index (χ4v) is 3.09. The first-order chi connectivity index (χ1) is 11.5. The van der Waals surface area contributed by atoms with E-state index in [0.717, 1.165) is 24.9 Å². The van der Waals surface area contributed by atoms with Gasteiger partial charge in [-0.2, -0.15) is 0 Å². The zero-order valence-electron chi connectivity index (χ0n) is 14.0. The first kappa shape index (κ1) is 16.6. The van der Waals surface area contributed by atoms with Gasteiger partial charge in [0.25, 0.3) is 0 Å². The van der Waals surface area contributed by atoms with Crippen LogP contribution in [-0.2, 0) is 11.2 Å². The summed E-state index contributed by atoms with van der Waals surface area (Å²) in [6, 6.07) is 6.35. The summed E-state index contributed by atoms with van der Waals surface area (Å²) in [6.07, 6.45) is 3.97. The van der Waals surface area contributed by atoms with Crippen LogP contribution in [0.5, 0.6) is 0 Å². The van der Waals surface area contributed by atoms with Gasteiger partial charge < -0.3 is 14.2 Å². The highest BCUT2D eigenvalue weighted by molar-refractivity contribution is 5.78. The van der Waals surface area contributed by atoms with E-state index in [1.165, 1.54) is 12.1 Å². The smallest absolute Gasteiger partial charge is 0.237 e. The van der Waals surface area contributed by atoms with Gasteiger partial charge in [0.05, 0.1) is 12.7 Å². The van der Waals surface area contributed by atoms with E-state index < -0.39 is 0 Å². The zero-order chi connectivity index (χ0) is 17.1. The number of nitrogens with zero attached hydrogens (tertiary/aromatic N) is 3. The van der Waals surface area contributed by atoms with Crippen molar-refractivity contribution in [3.8, 4) is 0 Å². The van der Waals surface area contributed by atoms with Crippen molar-refractivity contribution in [2.24, 2.45) is 0 Å². The Balaban J connectivity index is 1.71. The normalized spacial score (nSPS) is 17.7. The highest BCUT2D eigenvalue weighted by atomic mass is 19.1. The van der Waals surface area contributed by atoms with Gasteiger partial charge in [0, 0.05) is 13.0 Å². The molecule has 1 aromatic heterocycles.